The van der Waals surface area contributed by atoms with Crippen LogP contribution in [0, 0.1) is 19.3 Å². The van der Waals surface area contributed by atoms with E-state index in [1.807, 2.05) is 37.3 Å². The van der Waals surface area contributed by atoms with Crippen LogP contribution in [0.15, 0.2) is 71.2 Å². The molecule has 0 saturated carbocycles. The van der Waals surface area contributed by atoms with Crippen LogP contribution in [0.2, 0.25) is 0 Å². The monoisotopic (exact) mass is 390 g/mol. The summed E-state index contributed by atoms with van der Waals surface area (Å²) in [7, 11) is 1.33. The molecule has 0 fully saturated rings. The van der Waals surface area contributed by atoms with E-state index in [2.05, 4.69) is 10.2 Å². The van der Waals surface area contributed by atoms with Gasteiger partial charge in [0, 0.05) is 11.4 Å². The van der Waals surface area contributed by atoms with E-state index in [0.29, 0.717) is 29.0 Å². The lowest BCUT2D eigenvalue weighted by Crippen LogP contribution is -2.29. The van der Waals surface area contributed by atoms with Gasteiger partial charge in [0.25, 0.3) is 0 Å². The first kappa shape index (κ1) is 20.3. The molecular weight excluding hydrogens is 367 g/mol. The predicted molar refractivity (Wildman–Crippen MR) is 110 cm³/mol. The van der Waals surface area contributed by atoms with Gasteiger partial charge in [0.05, 0.1) is 25.2 Å². The molecule has 0 aromatic heterocycles. The summed E-state index contributed by atoms with van der Waals surface area (Å²) in [5.41, 5.74) is 4.84. The van der Waals surface area contributed by atoms with Crippen LogP contribution in [0.25, 0.3) is 4.85 Å². The Bertz CT molecular complexity index is 1030. The van der Waals surface area contributed by atoms with Gasteiger partial charge in [-0.2, -0.15) is 0 Å². The molecule has 1 N–H and O–H groups in total. The minimum atomic E-state index is -0.590. The number of hydrogen-bond acceptors (Lipinski definition) is 3. The number of allylic oxidation sites excluding steroid dienone is 3. The number of esters is 1. The first-order valence-electron chi connectivity index (χ1n) is 9.42. The molecule has 1 unspecified atom stereocenters. The maximum absolute atomic E-state index is 13.7. The Morgan fingerprint density at radius 2 is 1.90 bits per heavy atom. The lowest BCUT2D eigenvalue weighted by molar-refractivity contribution is -0.136. The number of hydrogen-bond donors (Lipinski definition) is 1. The number of methoxy groups -OCH3 is 1. The van der Waals surface area contributed by atoms with E-state index in [9.17, 15) is 9.18 Å². The molecule has 5 heteroatoms. The Morgan fingerprint density at radius 3 is 2.52 bits per heavy atom. The fourth-order valence-corrected chi connectivity index (χ4v) is 3.76. The number of carbonyl (C=O) groups is 1. The summed E-state index contributed by atoms with van der Waals surface area (Å²) in [5, 5.41) is 3.25. The highest BCUT2D eigenvalue weighted by molar-refractivity contribution is 5.93. The number of benzene rings is 2. The summed E-state index contributed by atoms with van der Waals surface area (Å²) in [5.74, 6) is -1.42. The molecule has 29 heavy (non-hydrogen) atoms. The van der Waals surface area contributed by atoms with Gasteiger partial charge in [-0.1, -0.05) is 36.4 Å². The van der Waals surface area contributed by atoms with Gasteiger partial charge in [-0.3, -0.25) is 0 Å². The summed E-state index contributed by atoms with van der Waals surface area (Å²) in [4.78, 5) is 16.5. The molecule has 2 aromatic carbocycles. The zero-order chi connectivity index (χ0) is 21.0. The van der Waals surface area contributed by atoms with Gasteiger partial charge >= 0.3 is 5.97 Å². The number of ether oxygens (including phenoxy) is 1. The quantitative estimate of drug-likeness (QED) is 0.575. The van der Waals surface area contributed by atoms with Gasteiger partial charge in [0.2, 0.25) is 0 Å². The van der Waals surface area contributed by atoms with Crippen LogP contribution in [-0.2, 0) is 16.0 Å². The van der Waals surface area contributed by atoms with Crippen molar-refractivity contribution in [3.8, 4) is 0 Å². The minimum Gasteiger partial charge on any atom is -0.466 e. The molecule has 1 aliphatic heterocycles. The van der Waals surface area contributed by atoms with Crippen LogP contribution in [0.4, 0.5) is 4.39 Å². The van der Waals surface area contributed by atoms with E-state index in [-0.39, 0.29) is 5.82 Å². The second-order valence-corrected chi connectivity index (χ2v) is 7.05. The molecule has 2 aromatic rings. The molecule has 0 aliphatic carbocycles. The van der Waals surface area contributed by atoms with E-state index >= 15 is 0 Å². The summed E-state index contributed by atoms with van der Waals surface area (Å²) in [6.07, 6.45) is 1.33. The highest BCUT2D eigenvalue weighted by Crippen LogP contribution is 2.41. The van der Waals surface area contributed by atoms with Gasteiger partial charge in [-0.15, -0.1) is 0 Å². The first-order valence-corrected chi connectivity index (χ1v) is 9.42. The maximum atomic E-state index is 13.7. The number of carbonyl (C=O) groups excluding carboxylic acids is 1. The minimum absolute atomic E-state index is 0.349. The van der Waals surface area contributed by atoms with Crippen molar-refractivity contribution in [1.82, 2.24) is 5.32 Å². The Labute approximate surface area is 170 Å². The third kappa shape index (κ3) is 4.22. The Hall–Kier alpha value is -3.39. The van der Waals surface area contributed by atoms with E-state index in [0.717, 1.165) is 23.2 Å². The normalized spacial score (nSPS) is 16.3. The van der Waals surface area contributed by atoms with Gasteiger partial charge in [0.15, 0.2) is 5.70 Å². The zero-order valence-corrected chi connectivity index (χ0v) is 16.8. The van der Waals surface area contributed by atoms with Crippen LogP contribution >= 0.6 is 0 Å². The molecule has 0 radical (unpaired) electrons. The number of rotatable bonds is 5. The number of nitrogens with one attached hydrogen (secondary N) is 1. The molecular formula is C24H23FN2O2. The summed E-state index contributed by atoms with van der Waals surface area (Å²) >= 11 is 0. The lowest BCUT2D eigenvalue weighted by atomic mass is 9.81. The van der Waals surface area contributed by atoms with Crippen molar-refractivity contribution in [3.05, 3.63) is 105 Å². The Balaban J connectivity index is 2.11. The first-order chi connectivity index (χ1) is 14.0. The topological polar surface area (TPSA) is 42.7 Å². The number of aryl methyl sites for hydroxylation is 2. The molecule has 4 nitrogen and oxygen atoms in total. The number of nitrogens with zero attached hydrogens (tertiary/aromatic N) is 1. The molecule has 0 amide bonds. The molecule has 0 spiro atoms. The molecule has 148 valence electrons. The molecule has 0 bridgehead atoms. The van der Waals surface area contributed by atoms with Crippen molar-refractivity contribution in [2.24, 2.45) is 0 Å². The van der Waals surface area contributed by atoms with Gasteiger partial charge in [-0.05, 0) is 55.5 Å². The van der Waals surface area contributed by atoms with E-state index in [1.165, 1.54) is 19.2 Å². The average molecular weight is 390 g/mol. The van der Waals surface area contributed by atoms with Crippen molar-refractivity contribution >= 4 is 5.97 Å². The highest BCUT2D eigenvalue weighted by atomic mass is 19.1. The summed E-state index contributed by atoms with van der Waals surface area (Å²) in [6, 6.07) is 14.4. The van der Waals surface area contributed by atoms with Crippen LogP contribution in [0.3, 0.4) is 0 Å². The van der Waals surface area contributed by atoms with E-state index in [4.69, 9.17) is 11.3 Å². The molecule has 1 atom stereocenters. The highest BCUT2D eigenvalue weighted by Gasteiger charge is 2.36. The third-order valence-electron chi connectivity index (χ3n) is 5.18. The number of dihydropyridines is 1. The zero-order valence-electron chi connectivity index (χ0n) is 16.8. The predicted octanol–water partition coefficient (Wildman–Crippen LogP) is 5.03. The van der Waals surface area contributed by atoms with Gasteiger partial charge in [-0.25, -0.2) is 14.0 Å². The molecule has 1 aliphatic rings. The third-order valence-corrected chi connectivity index (χ3v) is 5.18. The van der Waals surface area contributed by atoms with Crippen LogP contribution in [0.1, 0.15) is 36.0 Å². The van der Waals surface area contributed by atoms with E-state index in [1.54, 1.807) is 13.0 Å². The summed E-state index contributed by atoms with van der Waals surface area (Å²) in [6.45, 7) is 11.3. The van der Waals surface area contributed by atoms with Gasteiger partial charge in [0.1, 0.15) is 5.82 Å². The largest absolute Gasteiger partial charge is 0.466 e. The maximum Gasteiger partial charge on any atom is 0.335 e. The van der Waals surface area contributed by atoms with Crippen LogP contribution in [-0.4, -0.2) is 13.1 Å². The molecule has 3 rings (SSSR count). The lowest BCUT2D eigenvalue weighted by Gasteiger charge is -2.30. The smallest absolute Gasteiger partial charge is 0.335 e. The molecule has 0 saturated heterocycles. The van der Waals surface area contributed by atoms with Crippen molar-refractivity contribution in [1.29, 1.82) is 0 Å². The van der Waals surface area contributed by atoms with Gasteiger partial charge < -0.3 is 10.1 Å². The number of halogens is 1. The Morgan fingerprint density at radius 1 is 1.17 bits per heavy atom. The van der Waals surface area contributed by atoms with Crippen molar-refractivity contribution in [3.63, 3.8) is 0 Å². The van der Waals surface area contributed by atoms with Crippen molar-refractivity contribution < 1.29 is 13.9 Å². The second kappa shape index (κ2) is 8.74. The second-order valence-electron chi connectivity index (χ2n) is 7.05. The Kier molecular flexibility index (Phi) is 6.13. The van der Waals surface area contributed by atoms with Crippen LogP contribution < -0.4 is 5.32 Å². The fraction of sp³-hybridized carbons (Fsp3) is 0.250. The van der Waals surface area contributed by atoms with E-state index < -0.39 is 11.9 Å². The summed E-state index contributed by atoms with van der Waals surface area (Å²) < 4.78 is 18.8. The van der Waals surface area contributed by atoms with Crippen molar-refractivity contribution in [2.45, 2.75) is 32.6 Å². The SMILES string of the molecule is [C-]#[N+]C1=C(C)NC(CCc2ccccc2)=C(C(=O)OC)C1c1ccc(F)cc1C. The van der Waals surface area contributed by atoms with Crippen molar-refractivity contribution in [2.75, 3.05) is 7.11 Å². The fourth-order valence-electron chi connectivity index (χ4n) is 3.76. The van der Waals surface area contributed by atoms with Crippen LogP contribution in [0.5, 0.6) is 0 Å². The standard InChI is InChI=1S/C24H23FN2O2/c1-15-14-18(25)11-12-19(15)21-22(24(28)29-4)20(27-16(2)23(21)26-3)13-10-17-8-6-5-7-9-17/h5-9,11-12,14,21,27H,10,13H2,1-2,4H3. The average Bonchev–Trinajstić information content (AvgIpc) is 2.72. The molecule has 1 heterocycles.